The van der Waals surface area contributed by atoms with Crippen molar-refractivity contribution < 1.29 is 28.2 Å². The van der Waals surface area contributed by atoms with Gasteiger partial charge in [0.1, 0.15) is 6.61 Å². The van der Waals surface area contributed by atoms with Gasteiger partial charge in [0.15, 0.2) is 0 Å². The van der Waals surface area contributed by atoms with Crippen molar-refractivity contribution in [3.63, 3.8) is 0 Å². The topological polar surface area (TPSA) is 75.6 Å². The summed E-state index contributed by atoms with van der Waals surface area (Å²) in [6.45, 7) is -0.844. The zero-order chi connectivity index (χ0) is 15.1. The van der Waals surface area contributed by atoms with E-state index in [1.807, 2.05) is 0 Å². The van der Waals surface area contributed by atoms with Crippen molar-refractivity contribution in [1.82, 2.24) is 0 Å². The molecule has 0 aliphatic carbocycles. The van der Waals surface area contributed by atoms with Crippen LogP contribution < -0.4 is 5.32 Å². The third-order valence-electron chi connectivity index (χ3n) is 2.20. The van der Waals surface area contributed by atoms with Crippen LogP contribution in [0.1, 0.15) is 16.8 Å². The maximum Gasteiger partial charge on any atom is 0.337 e. The fourth-order valence-corrected chi connectivity index (χ4v) is 1.59. The molecule has 5 nitrogen and oxygen atoms in total. The lowest BCUT2D eigenvalue weighted by atomic mass is 10.2. The van der Waals surface area contributed by atoms with Crippen LogP contribution in [-0.4, -0.2) is 36.6 Å². The zero-order valence-electron chi connectivity index (χ0n) is 10.2. The van der Waals surface area contributed by atoms with Crippen LogP contribution in [0.15, 0.2) is 18.2 Å². The van der Waals surface area contributed by atoms with Gasteiger partial charge in [-0.2, -0.15) is 0 Å². The number of carbonyl (C=O) groups is 2. The van der Waals surface area contributed by atoms with Gasteiger partial charge in [-0.1, -0.05) is 11.6 Å². The predicted octanol–water partition coefficient (Wildman–Crippen LogP) is 2.65. The van der Waals surface area contributed by atoms with Gasteiger partial charge >= 0.3 is 5.97 Å². The average Bonchev–Trinajstić information content (AvgIpc) is 2.34. The minimum atomic E-state index is -2.57. The van der Waals surface area contributed by atoms with Crippen LogP contribution >= 0.6 is 11.6 Å². The molecule has 1 aromatic rings. The maximum atomic E-state index is 11.8. The van der Waals surface area contributed by atoms with E-state index in [1.54, 1.807) is 0 Å². The number of nitrogens with one attached hydrogen (secondary N) is 1. The summed E-state index contributed by atoms with van der Waals surface area (Å²) < 4.78 is 28.1. The van der Waals surface area contributed by atoms with E-state index in [0.29, 0.717) is 5.69 Å². The number of hydrogen-bond donors (Lipinski definition) is 2. The van der Waals surface area contributed by atoms with Gasteiger partial charge < -0.3 is 15.2 Å². The number of rotatable bonds is 7. The molecule has 0 aromatic heterocycles. The monoisotopic (exact) mass is 307 g/mol. The summed E-state index contributed by atoms with van der Waals surface area (Å²) in [7, 11) is 0. The SMILES string of the molecule is O=C(CCOCC(F)F)Nc1ccc(C(=O)O)c(Cl)c1. The van der Waals surface area contributed by atoms with Gasteiger partial charge in [-0.3, -0.25) is 4.79 Å². The molecule has 0 radical (unpaired) electrons. The first-order valence-electron chi connectivity index (χ1n) is 5.58. The quantitative estimate of drug-likeness (QED) is 0.759. The third kappa shape index (κ3) is 5.50. The van der Waals surface area contributed by atoms with Crippen LogP contribution in [0.5, 0.6) is 0 Å². The molecule has 0 unspecified atom stereocenters. The fourth-order valence-electron chi connectivity index (χ4n) is 1.33. The average molecular weight is 308 g/mol. The van der Waals surface area contributed by atoms with E-state index in [9.17, 15) is 18.4 Å². The van der Waals surface area contributed by atoms with Crippen LogP contribution in [0, 0.1) is 0 Å². The summed E-state index contributed by atoms with van der Waals surface area (Å²) in [6, 6.07) is 3.93. The number of benzene rings is 1. The van der Waals surface area contributed by atoms with Crippen molar-refractivity contribution >= 4 is 29.2 Å². The highest BCUT2D eigenvalue weighted by Crippen LogP contribution is 2.21. The molecule has 0 atom stereocenters. The number of amides is 1. The number of halogens is 3. The first-order valence-corrected chi connectivity index (χ1v) is 5.96. The highest BCUT2D eigenvalue weighted by atomic mass is 35.5. The molecule has 0 bridgehead atoms. The Morgan fingerprint density at radius 1 is 1.40 bits per heavy atom. The number of alkyl halides is 2. The van der Waals surface area contributed by atoms with Crippen molar-refractivity contribution in [3.05, 3.63) is 28.8 Å². The van der Waals surface area contributed by atoms with E-state index < -0.39 is 24.9 Å². The third-order valence-corrected chi connectivity index (χ3v) is 2.51. The second-order valence-corrected chi connectivity index (χ2v) is 4.17. The Kier molecular flexibility index (Phi) is 6.33. The summed E-state index contributed by atoms with van der Waals surface area (Å²) in [4.78, 5) is 22.2. The van der Waals surface area contributed by atoms with E-state index in [0.717, 1.165) is 0 Å². The lowest BCUT2D eigenvalue weighted by Crippen LogP contribution is -2.15. The van der Waals surface area contributed by atoms with Crippen molar-refractivity contribution in [1.29, 1.82) is 0 Å². The van der Waals surface area contributed by atoms with Crippen LogP contribution in [0.4, 0.5) is 14.5 Å². The number of aromatic carboxylic acids is 1. The van der Waals surface area contributed by atoms with Gasteiger partial charge in [0.2, 0.25) is 5.91 Å². The Morgan fingerprint density at radius 2 is 2.10 bits per heavy atom. The molecule has 0 spiro atoms. The number of hydrogen-bond acceptors (Lipinski definition) is 3. The van der Waals surface area contributed by atoms with Gasteiger partial charge in [-0.25, -0.2) is 13.6 Å². The molecular weight excluding hydrogens is 296 g/mol. The molecule has 20 heavy (non-hydrogen) atoms. The second-order valence-electron chi connectivity index (χ2n) is 3.76. The molecule has 0 aliphatic rings. The molecule has 0 fully saturated rings. The molecule has 1 aromatic carbocycles. The number of anilines is 1. The van der Waals surface area contributed by atoms with Gasteiger partial charge in [-0.05, 0) is 18.2 Å². The summed E-state index contributed by atoms with van der Waals surface area (Å²) in [5, 5.41) is 11.2. The number of carbonyl (C=O) groups excluding carboxylic acids is 1. The largest absolute Gasteiger partial charge is 0.478 e. The highest BCUT2D eigenvalue weighted by molar-refractivity contribution is 6.33. The molecule has 2 N–H and O–H groups in total. The molecule has 0 heterocycles. The van der Waals surface area contributed by atoms with Gasteiger partial charge in [0.25, 0.3) is 6.43 Å². The Hall–Kier alpha value is -1.73. The lowest BCUT2D eigenvalue weighted by molar-refractivity contribution is -0.117. The maximum absolute atomic E-state index is 11.8. The van der Waals surface area contributed by atoms with Gasteiger partial charge in [-0.15, -0.1) is 0 Å². The molecule has 1 rings (SSSR count). The van der Waals surface area contributed by atoms with Crippen molar-refractivity contribution in [2.45, 2.75) is 12.8 Å². The fraction of sp³-hybridized carbons (Fsp3) is 0.333. The van der Waals surface area contributed by atoms with Crippen molar-refractivity contribution in [3.8, 4) is 0 Å². The Labute approximate surface area is 118 Å². The first-order chi connectivity index (χ1) is 9.40. The summed E-state index contributed by atoms with van der Waals surface area (Å²) >= 11 is 5.73. The van der Waals surface area contributed by atoms with Crippen molar-refractivity contribution in [2.24, 2.45) is 0 Å². The van der Waals surface area contributed by atoms with Crippen LogP contribution in [-0.2, 0) is 9.53 Å². The smallest absolute Gasteiger partial charge is 0.337 e. The van der Waals surface area contributed by atoms with E-state index in [-0.39, 0.29) is 23.6 Å². The zero-order valence-corrected chi connectivity index (χ0v) is 11.0. The van der Waals surface area contributed by atoms with E-state index in [2.05, 4.69) is 10.1 Å². The van der Waals surface area contributed by atoms with Crippen molar-refractivity contribution in [2.75, 3.05) is 18.5 Å². The Morgan fingerprint density at radius 3 is 2.65 bits per heavy atom. The minimum Gasteiger partial charge on any atom is -0.478 e. The normalized spacial score (nSPS) is 10.6. The molecule has 1 amide bonds. The van der Waals surface area contributed by atoms with Crippen LogP contribution in [0.3, 0.4) is 0 Å². The second kappa shape index (κ2) is 7.76. The molecule has 110 valence electrons. The first kappa shape index (κ1) is 16.3. The van der Waals surface area contributed by atoms with E-state index >= 15 is 0 Å². The van der Waals surface area contributed by atoms with Crippen LogP contribution in [0.25, 0.3) is 0 Å². The lowest BCUT2D eigenvalue weighted by Gasteiger charge is -2.07. The highest BCUT2D eigenvalue weighted by Gasteiger charge is 2.10. The Balaban J connectivity index is 2.46. The summed E-state index contributed by atoms with van der Waals surface area (Å²) in [5.74, 6) is -1.62. The molecule has 0 saturated heterocycles. The minimum absolute atomic E-state index is 0.00995. The number of carboxylic acid groups (broad SMARTS) is 1. The van der Waals surface area contributed by atoms with Crippen LogP contribution in [0.2, 0.25) is 5.02 Å². The van der Waals surface area contributed by atoms with Gasteiger partial charge in [0.05, 0.1) is 23.6 Å². The summed E-state index contributed by atoms with van der Waals surface area (Å²) in [6.07, 6.45) is -2.66. The molecule has 8 heteroatoms. The van der Waals surface area contributed by atoms with E-state index in [1.165, 1.54) is 18.2 Å². The van der Waals surface area contributed by atoms with E-state index in [4.69, 9.17) is 16.7 Å². The Bertz CT molecular complexity index is 496. The molecular formula is C12H12ClF2NO4. The van der Waals surface area contributed by atoms with Gasteiger partial charge in [0, 0.05) is 5.69 Å². The molecule has 0 aliphatic heterocycles. The predicted molar refractivity (Wildman–Crippen MR) is 68.5 cm³/mol. The summed E-state index contributed by atoms with van der Waals surface area (Å²) in [5.41, 5.74) is 0.240. The number of carboxylic acids is 1. The standard InChI is InChI=1S/C12H12ClF2NO4/c13-9-5-7(1-2-8(9)12(18)19)16-11(17)3-4-20-6-10(14)15/h1-2,5,10H,3-4,6H2,(H,16,17)(H,18,19). The molecule has 0 saturated carbocycles. The number of ether oxygens (including phenoxy) is 1.